The molecule has 1 fully saturated rings. The Balaban J connectivity index is 0.000000391. The number of carbonyl (C=O) groups excluding carboxylic acids is 4. The van der Waals surface area contributed by atoms with E-state index in [4.69, 9.17) is 4.74 Å². The zero-order valence-electron chi connectivity index (χ0n) is 25.1. The standard InChI is InChI=1S/C22H30N4O3.C8H12N2O4/c1-18-6-7-20(16-19(18)2)25-13-11-24(12-14-25)10-4-3-5-15-29-22-9-8-21(17-23-22)26(27)28;1-9-8(14)7(3-2-4-11)10(5-12)6-13/h6-9,16-17H,3-5,10-15H2,1-2H3;4-7H,2-3H2,1H3,(H,9,14). The number of ether oxygens (including phenoxy) is 1. The van der Waals surface area contributed by atoms with Gasteiger partial charge < -0.3 is 19.7 Å². The number of hydrogen-bond donors (Lipinski definition) is 1. The van der Waals surface area contributed by atoms with E-state index in [0.29, 0.717) is 23.7 Å². The van der Waals surface area contributed by atoms with E-state index >= 15 is 0 Å². The van der Waals surface area contributed by atoms with Gasteiger partial charge in [-0.05, 0) is 69.3 Å². The summed E-state index contributed by atoms with van der Waals surface area (Å²) in [7, 11) is 1.39. The highest BCUT2D eigenvalue weighted by Gasteiger charge is 2.23. The fourth-order valence-electron chi connectivity index (χ4n) is 4.49. The van der Waals surface area contributed by atoms with Crippen LogP contribution in [0, 0.1) is 24.0 Å². The van der Waals surface area contributed by atoms with E-state index in [1.54, 1.807) is 6.07 Å². The molecule has 0 aliphatic carbocycles. The van der Waals surface area contributed by atoms with Crippen LogP contribution in [0.5, 0.6) is 5.88 Å². The Morgan fingerprint density at radius 3 is 2.35 bits per heavy atom. The summed E-state index contributed by atoms with van der Waals surface area (Å²) < 4.78 is 5.56. The highest BCUT2D eigenvalue weighted by Crippen LogP contribution is 2.20. The first-order valence-corrected chi connectivity index (χ1v) is 14.3. The molecular formula is C30H42N6O7. The number of imide groups is 1. The maximum absolute atomic E-state index is 11.2. The van der Waals surface area contributed by atoms with E-state index in [9.17, 15) is 29.3 Å². The molecule has 1 unspecified atom stereocenters. The lowest BCUT2D eigenvalue weighted by Crippen LogP contribution is -2.46. The third kappa shape index (κ3) is 11.8. The Morgan fingerprint density at radius 2 is 1.79 bits per heavy atom. The van der Waals surface area contributed by atoms with Gasteiger partial charge in [-0.3, -0.25) is 34.3 Å². The molecule has 1 N–H and O–H groups in total. The van der Waals surface area contributed by atoms with Gasteiger partial charge in [0.05, 0.1) is 11.5 Å². The van der Waals surface area contributed by atoms with Crippen LogP contribution in [0.1, 0.15) is 43.2 Å². The zero-order chi connectivity index (χ0) is 31.6. The summed E-state index contributed by atoms with van der Waals surface area (Å²) in [5.41, 5.74) is 4.02. The van der Waals surface area contributed by atoms with Crippen LogP contribution in [0.2, 0.25) is 0 Å². The molecule has 2 aromatic rings. The van der Waals surface area contributed by atoms with Crippen LogP contribution in [-0.4, -0.2) is 97.1 Å². The van der Waals surface area contributed by atoms with Crippen LogP contribution in [0.3, 0.4) is 0 Å². The lowest BCUT2D eigenvalue weighted by Gasteiger charge is -2.36. The highest BCUT2D eigenvalue weighted by atomic mass is 16.6. The molecule has 3 amide bonds. The average Bonchev–Trinajstić information content (AvgIpc) is 3.02. The maximum Gasteiger partial charge on any atom is 0.287 e. The summed E-state index contributed by atoms with van der Waals surface area (Å²) in [6.07, 6.45) is 5.86. The largest absolute Gasteiger partial charge is 0.478 e. The number of aldehydes is 1. The second kappa shape index (κ2) is 18.9. The number of anilines is 1. The van der Waals surface area contributed by atoms with Crippen LogP contribution in [-0.2, 0) is 19.2 Å². The van der Waals surface area contributed by atoms with Crippen molar-refractivity contribution in [1.82, 2.24) is 20.1 Å². The van der Waals surface area contributed by atoms with Crippen LogP contribution in [0.25, 0.3) is 0 Å². The van der Waals surface area contributed by atoms with Crippen molar-refractivity contribution in [3.63, 3.8) is 0 Å². The summed E-state index contributed by atoms with van der Waals surface area (Å²) in [6.45, 7) is 10.4. The predicted octanol–water partition coefficient (Wildman–Crippen LogP) is 2.67. The Bertz CT molecular complexity index is 1180. The number of aromatic nitrogens is 1. The first kappa shape index (κ1) is 34.8. The van der Waals surface area contributed by atoms with Gasteiger partial charge in [-0.1, -0.05) is 6.07 Å². The van der Waals surface area contributed by atoms with Crippen LogP contribution >= 0.6 is 0 Å². The lowest BCUT2D eigenvalue weighted by molar-refractivity contribution is -0.385. The molecule has 43 heavy (non-hydrogen) atoms. The van der Waals surface area contributed by atoms with Crippen molar-refractivity contribution in [3.8, 4) is 5.88 Å². The quantitative estimate of drug-likeness (QED) is 0.132. The number of piperazine rings is 1. The molecule has 1 aliphatic rings. The first-order chi connectivity index (χ1) is 20.7. The highest BCUT2D eigenvalue weighted by molar-refractivity contribution is 5.87. The molecular weight excluding hydrogens is 556 g/mol. The molecule has 2 heterocycles. The Morgan fingerprint density at radius 1 is 1.07 bits per heavy atom. The number of rotatable bonds is 16. The minimum Gasteiger partial charge on any atom is -0.478 e. The fraction of sp³-hybridized carbons (Fsp3) is 0.500. The van der Waals surface area contributed by atoms with Gasteiger partial charge in [-0.15, -0.1) is 0 Å². The van der Waals surface area contributed by atoms with Crippen molar-refractivity contribution in [2.75, 3.05) is 51.3 Å². The number of nitrogens with one attached hydrogen (secondary N) is 1. The third-order valence-corrected chi connectivity index (χ3v) is 7.24. The molecule has 1 aliphatic heterocycles. The Labute approximate surface area is 252 Å². The summed E-state index contributed by atoms with van der Waals surface area (Å²) in [5, 5.41) is 12.9. The molecule has 13 heteroatoms. The predicted molar refractivity (Wildman–Crippen MR) is 162 cm³/mol. The number of benzene rings is 1. The number of aryl methyl sites for hydroxylation is 2. The molecule has 234 valence electrons. The maximum atomic E-state index is 11.2. The molecule has 3 rings (SSSR count). The van der Waals surface area contributed by atoms with E-state index in [0.717, 1.165) is 52.0 Å². The fourth-order valence-corrected chi connectivity index (χ4v) is 4.49. The second-order valence-electron chi connectivity index (χ2n) is 10.2. The van der Waals surface area contributed by atoms with Gasteiger partial charge in [-0.2, -0.15) is 0 Å². The van der Waals surface area contributed by atoms with E-state index in [-0.39, 0.29) is 31.3 Å². The normalized spacial score (nSPS) is 13.6. The number of amides is 3. The molecule has 1 saturated heterocycles. The molecule has 1 aromatic carbocycles. The lowest BCUT2D eigenvalue weighted by atomic mass is 10.1. The minimum absolute atomic E-state index is 0.0186. The van der Waals surface area contributed by atoms with Crippen molar-refractivity contribution < 1.29 is 28.8 Å². The minimum atomic E-state index is -0.903. The third-order valence-electron chi connectivity index (χ3n) is 7.24. The second-order valence-corrected chi connectivity index (χ2v) is 10.2. The van der Waals surface area contributed by atoms with Crippen LogP contribution in [0.15, 0.2) is 36.5 Å². The molecule has 13 nitrogen and oxygen atoms in total. The van der Waals surface area contributed by atoms with Crippen LogP contribution in [0.4, 0.5) is 11.4 Å². The summed E-state index contributed by atoms with van der Waals surface area (Å²) in [6, 6.07) is 8.81. The van der Waals surface area contributed by atoms with Gasteiger partial charge in [0, 0.05) is 57.5 Å². The first-order valence-electron chi connectivity index (χ1n) is 14.3. The van der Waals surface area contributed by atoms with E-state index in [1.165, 1.54) is 36.1 Å². The molecule has 0 saturated carbocycles. The average molecular weight is 599 g/mol. The number of nitro groups is 1. The van der Waals surface area contributed by atoms with Crippen molar-refractivity contribution in [3.05, 3.63) is 57.8 Å². The topological polar surface area (TPSA) is 155 Å². The molecule has 1 aromatic heterocycles. The van der Waals surface area contributed by atoms with Gasteiger partial charge in [0.1, 0.15) is 18.5 Å². The molecule has 0 radical (unpaired) electrons. The van der Waals surface area contributed by atoms with Crippen molar-refractivity contribution >= 4 is 36.4 Å². The number of pyridine rings is 1. The summed E-state index contributed by atoms with van der Waals surface area (Å²) in [4.78, 5) is 61.9. The Kier molecular flexibility index (Phi) is 15.3. The number of likely N-dealkylation sites (N-methyl/N-ethyl adjacent to an activating group) is 1. The SMILES string of the molecule is CNC(=O)C(CCC=O)N(C=O)C=O.Cc1ccc(N2CCN(CCCCCOc3ccc([N+](=O)[O-])cn3)CC2)cc1C. The van der Waals surface area contributed by atoms with Crippen molar-refractivity contribution in [1.29, 1.82) is 0 Å². The smallest absolute Gasteiger partial charge is 0.287 e. The van der Waals surface area contributed by atoms with Gasteiger partial charge in [0.25, 0.3) is 5.69 Å². The molecule has 1 atom stereocenters. The molecule has 0 spiro atoms. The van der Waals surface area contributed by atoms with E-state index < -0.39 is 16.9 Å². The number of hydrogen-bond acceptors (Lipinski definition) is 10. The van der Waals surface area contributed by atoms with Crippen molar-refractivity contribution in [2.24, 2.45) is 0 Å². The summed E-state index contributed by atoms with van der Waals surface area (Å²) >= 11 is 0. The zero-order valence-corrected chi connectivity index (χ0v) is 25.1. The number of nitrogens with zero attached hydrogens (tertiary/aromatic N) is 5. The van der Waals surface area contributed by atoms with Gasteiger partial charge in [0.15, 0.2) is 0 Å². The monoisotopic (exact) mass is 598 g/mol. The van der Waals surface area contributed by atoms with Gasteiger partial charge >= 0.3 is 0 Å². The summed E-state index contributed by atoms with van der Waals surface area (Å²) in [5.74, 6) is -0.0240. The van der Waals surface area contributed by atoms with Gasteiger partial charge in [0.2, 0.25) is 24.6 Å². The van der Waals surface area contributed by atoms with E-state index in [2.05, 4.69) is 52.1 Å². The Hall–Kier alpha value is -4.39. The molecule has 0 bridgehead atoms. The number of carbonyl (C=O) groups is 4. The van der Waals surface area contributed by atoms with Crippen molar-refractivity contribution in [2.45, 2.75) is 52.0 Å². The van der Waals surface area contributed by atoms with Crippen LogP contribution < -0.4 is 15.0 Å². The van der Waals surface area contributed by atoms with Gasteiger partial charge in [-0.25, -0.2) is 4.98 Å². The number of unbranched alkanes of at least 4 members (excludes halogenated alkanes) is 2. The van der Waals surface area contributed by atoms with E-state index in [1.807, 2.05) is 0 Å².